The lowest BCUT2D eigenvalue weighted by atomic mass is 10.3. The monoisotopic (exact) mass is 164 g/mol. The molecule has 0 spiro atoms. The molecule has 10 heavy (non-hydrogen) atoms. The van der Waals surface area contributed by atoms with Gasteiger partial charge in [-0.2, -0.15) is 8.42 Å². The van der Waals surface area contributed by atoms with Crippen LogP contribution in [-0.4, -0.2) is 8.42 Å². The van der Waals surface area contributed by atoms with Crippen molar-refractivity contribution in [2.75, 3.05) is 0 Å². The molecule has 0 aliphatic rings. The van der Waals surface area contributed by atoms with Gasteiger partial charge in [-0.1, -0.05) is 19.4 Å². The van der Waals surface area contributed by atoms with E-state index in [0.717, 1.165) is 12.8 Å². The molecule has 0 radical (unpaired) electrons. The van der Waals surface area contributed by atoms with Crippen LogP contribution in [0.4, 0.5) is 0 Å². The first kappa shape index (κ1) is 9.45. The maximum atomic E-state index is 10.2. The number of hydrogen-bond acceptors (Lipinski definition) is 2. The number of rotatable bonds is 4. The molecular weight excluding hydrogens is 152 g/mol. The summed E-state index contributed by atoms with van der Waals surface area (Å²) in [6, 6.07) is 0. The van der Waals surface area contributed by atoms with Crippen LogP contribution in [0, 0.1) is 0 Å². The Hall–Kier alpha value is -0.550. The molecule has 0 atom stereocenters. The predicted molar refractivity (Wildman–Crippen MR) is 40.3 cm³/mol. The summed E-state index contributed by atoms with van der Waals surface area (Å²) in [5, 5.41) is 4.63. The van der Waals surface area contributed by atoms with Gasteiger partial charge in [-0.3, -0.25) is 4.72 Å². The maximum Gasteiger partial charge on any atom is 0.296 e. The highest BCUT2D eigenvalue weighted by molar-refractivity contribution is 7.87. The molecule has 0 heterocycles. The van der Waals surface area contributed by atoms with Crippen LogP contribution < -0.4 is 9.86 Å². The third-order valence-corrected chi connectivity index (χ3v) is 1.27. The van der Waals surface area contributed by atoms with Crippen molar-refractivity contribution in [3.63, 3.8) is 0 Å². The SMILES string of the molecule is CCCC=CNS(N)(=O)=O. The zero-order valence-corrected chi connectivity index (χ0v) is 6.69. The standard InChI is InChI=1S/C5H12N2O2S/c1-2-3-4-5-7-10(6,8)9/h4-5,7H,2-3H2,1H3,(H2,6,8,9). The summed E-state index contributed by atoms with van der Waals surface area (Å²) in [6.45, 7) is 2.00. The van der Waals surface area contributed by atoms with E-state index >= 15 is 0 Å². The Balaban J connectivity index is 3.55. The minimum absolute atomic E-state index is 0.850. The Morgan fingerprint density at radius 3 is 2.60 bits per heavy atom. The van der Waals surface area contributed by atoms with Gasteiger partial charge < -0.3 is 0 Å². The number of nitrogens with one attached hydrogen (secondary N) is 1. The first-order valence-electron chi connectivity index (χ1n) is 3.01. The van der Waals surface area contributed by atoms with Crippen LogP contribution in [0.3, 0.4) is 0 Å². The zero-order chi connectivity index (χ0) is 8.04. The Morgan fingerprint density at radius 2 is 2.20 bits per heavy atom. The number of allylic oxidation sites excluding steroid dienone is 1. The van der Waals surface area contributed by atoms with Crippen molar-refractivity contribution >= 4 is 10.2 Å². The molecule has 0 aromatic heterocycles. The normalized spacial score (nSPS) is 12.2. The number of nitrogens with two attached hydrogens (primary N) is 1. The van der Waals surface area contributed by atoms with Gasteiger partial charge in [-0.05, 0) is 6.42 Å². The van der Waals surface area contributed by atoms with Crippen LogP contribution in [0.25, 0.3) is 0 Å². The Labute approximate surface area is 61.3 Å². The minimum atomic E-state index is -3.54. The highest BCUT2D eigenvalue weighted by Gasteiger charge is 1.91. The Bertz CT molecular complexity index is 196. The van der Waals surface area contributed by atoms with Crippen molar-refractivity contribution in [2.24, 2.45) is 5.14 Å². The summed E-state index contributed by atoms with van der Waals surface area (Å²) in [6.07, 6.45) is 4.88. The lowest BCUT2D eigenvalue weighted by Gasteiger charge is -1.92. The van der Waals surface area contributed by atoms with Crippen LogP contribution in [0.15, 0.2) is 12.3 Å². The lowest BCUT2D eigenvalue weighted by molar-refractivity contribution is 0.592. The second kappa shape index (κ2) is 4.29. The van der Waals surface area contributed by atoms with Gasteiger partial charge in [-0.25, -0.2) is 5.14 Å². The molecule has 0 saturated heterocycles. The van der Waals surface area contributed by atoms with Crippen LogP contribution in [0.5, 0.6) is 0 Å². The minimum Gasteiger partial charge on any atom is -0.278 e. The molecule has 0 aliphatic heterocycles. The average Bonchev–Trinajstić information content (AvgIpc) is 1.78. The second-order valence-electron chi connectivity index (χ2n) is 1.85. The van der Waals surface area contributed by atoms with E-state index < -0.39 is 10.2 Å². The molecule has 0 rings (SSSR count). The Morgan fingerprint density at radius 1 is 1.60 bits per heavy atom. The van der Waals surface area contributed by atoms with Crippen LogP contribution >= 0.6 is 0 Å². The van der Waals surface area contributed by atoms with Crippen molar-refractivity contribution in [1.29, 1.82) is 0 Å². The first-order valence-corrected chi connectivity index (χ1v) is 4.56. The molecule has 0 amide bonds. The average molecular weight is 164 g/mol. The van der Waals surface area contributed by atoms with E-state index in [0.29, 0.717) is 0 Å². The molecule has 4 nitrogen and oxygen atoms in total. The van der Waals surface area contributed by atoms with Gasteiger partial charge in [0.05, 0.1) is 0 Å². The van der Waals surface area contributed by atoms with Gasteiger partial charge >= 0.3 is 0 Å². The summed E-state index contributed by atoms with van der Waals surface area (Å²) >= 11 is 0. The summed E-state index contributed by atoms with van der Waals surface area (Å²) in [4.78, 5) is 0. The molecule has 0 aromatic carbocycles. The molecule has 0 aromatic rings. The summed E-state index contributed by atoms with van der Waals surface area (Å²) in [7, 11) is -3.54. The fourth-order valence-electron chi connectivity index (χ4n) is 0.393. The fraction of sp³-hybridized carbons (Fsp3) is 0.600. The number of hydrogen-bond donors (Lipinski definition) is 2. The van der Waals surface area contributed by atoms with Crippen molar-refractivity contribution in [1.82, 2.24) is 4.72 Å². The Kier molecular flexibility index (Phi) is 4.06. The third-order valence-electron chi connectivity index (χ3n) is 0.806. The molecule has 0 aliphatic carbocycles. The van der Waals surface area contributed by atoms with Crippen molar-refractivity contribution in [3.8, 4) is 0 Å². The molecule has 5 heteroatoms. The van der Waals surface area contributed by atoms with Gasteiger partial charge in [0.2, 0.25) is 0 Å². The third kappa shape index (κ3) is 7.45. The molecule has 0 unspecified atom stereocenters. The molecule has 0 bridgehead atoms. The van der Waals surface area contributed by atoms with E-state index in [2.05, 4.69) is 5.14 Å². The largest absolute Gasteiger partial charge is 0.296 e. The van der Waals surface area contributed by atoms with Gasteiger partial charge in [0.15, 0.2) is 0 Å². The summed E-state index contributed by atoms with van der Waals surface area (Å²) in [5.74, 6) is 0. The van der Waals surface area contributed by atoms with Crippen molar-refractivity contribution in [2.45, 2.75) is 19.8 Å². The van der Waals surface area contributed by atoms with Gasteiger partial charge in [0.1, 0.15) is 0 Å². The molecule has 3 N–H and O–H groups in total. The van der Waals surface area contributed by atoms with Gasteiger partial charge in [0.25, 0.3) is 10.2 Å². The van der Waals surface area contributed by atoms with Crippen LogP contribution in [0.1, 0.15) is 19.8 Å². The van der Waals surface area contributed by atoms with E-state index in [1.54, 1.807) is 6.08 Å². The lowest BCUT2D eigenvalue weighted by Crippen LogP contribution is -2.25. The van der Waals surface area contributed by atoms with E-state index in [9.17, 15) is 8.42 Å². The van der Waals surface area contributed by atoms with Crippen LogP contribution in [0.2, 0.25) is 0 Å². The highest BCUT2D eigenvalue weighted by atomic mass is 32.2. The van der Waals surface area contributed by atoms with E-state index in [-0.39, 0.29) is 0 Å². The molecular formula is C5H12N2O2S. The molecule has 0 fully saturated rings. The highest BCUT2D eigenvalue weighted by Crippen LogP contribution is 1.85. The molecule has 0 saturated carbocycles. The van der Waals surface area contributed by atoms with Crippen LogP contribution in [-0.2, 0) is 10.2 Å². The zero-order valence-electron chi connectivity index (χ0n) is 5.87. The summed E-state index contributed by atoms with van der Waals surface area (Å²) in [5.41, 5.74) is 0. The van der Waals surface area contributed by atoms with E-state index in [4.69, 9.17) is 0 Å². The van der Waals surface area contributed by atoms with E-state index in [1.165, 1.54) is 6.20 Å². The summed E-state index contributed by atoms with van der Waals surface area (Å²) < 4.78 is 22.4. The quantitative estimate of drug-likeness (QED) is 0.618. The van der Waals surface area contributed by atoms with Crippen molar-refractivity contribution < 1.29 is 8.42 Å². The fourth-order valence-corrected chi connectivity index (χ4v) is 0.679. The van der Waals surface area contributed by atoms with Gasteiger partial charge in [0, 0.05) is 6.20 Å². The second-order valence-corrected chi connectivity index (χ2v) is 3.18. The maximum absolute atomic E-state index is 10.2. The smallest absolute Gasteiger partial charge is 0.278 e. The van der Waals surface area contributed by atoms with Crippen molar-refractivity contribution in [3.05, 3.63) is 12.3 Å². The number of unbranched alkanes of at least 4 members (excludes halogenated alkanes) is 1. The topological polar surface area (TPSA) is 72.2 Å². The van der Waals surface area contributed by atoms with Gasteiger partial charge in [-0.15, -0.1) is 0 Å². The molecule has 60 valence electrons. The predicted octanol–water partition coefficient (Wildman–Crippen LogP) is 0.0933. The first-order chi connectivity index (χ1) is 4.56. The van der Waals surface area contributed by atoms with E-state index in [1.807, 2.05) is 11.6 Å².